The highest BCUT2D eigenvalue weighted by Crippen LogP contribution is 2.29. The summed E-state index contributed by atoms with van der Waals surface area (Å²) >= 11 is 3.31. The molecular weight excluding hydrogens is 356 g/mol. The molecule has 0 saturated heterocycles. The zero-order chi connectivity index (χ0) is 15.9. The molecular formula is C14H19ClN4O2S2. The van der Waals surface area contributed by atoms with Gasteiger partial charge >= 0.3 is 0 Å². The van der Waals surface area contributed by atoms with Crippen LogP contribution < -0.4 is 16.4 Å². The molecule has 126 valence electrons. The number of carbonyl (C=O) groups is 2. The highest BCUT2D eigenvalue weighted by molar-refractivity contribution is 7.16. The second kappa shape index (κ2) is 9.61. The number of nitrogens with zero attached hydrogens (tertiary/aromatic N) is 1. The number of halogens is 1. The summed E-state index contributed by atoms with van der Waals surface area (Å²) in [5.41, 5.74) is 6.15. The van der Waals surface area contributed by atoms with Crippen molar-refractivity contribution in [2.45, 2.75) is 13.3 Å². The molecule has 6 nitrogen and oxygen atoms in total. The molecule has 2 aromatic rings. The second-order valence-corrected chi connectivity index (χ2v) is 6.83. The quantitative estimate of drug-likeness (QED) is 0.681. The van der Waals surface area contributed by atoms with Crippen LogP contribution in [0.1, 0.15) is 9.88 Å². The van der Waals surface area contributed by atoms with E-state index in [0.717, 1.165) is 22.0 Å². The summed E-state index contributed by atoms with van der Waals surface area (Å²) in [7, 11) is 0. The smallest absolute Gasteiger partial charge is 0.239 e. The Morgan fingerprint density at radius 3 is 2.70 bits per heavy atom. The Bertz CT molecular complexity index is 657. The van der Waals surface area contributed by atoms with Gasteiger partial charge in [0, 0.05) is 16.8 Å². The van der Waals surface area contributed by atoms with Crippen LogP contribution in [-0.2, 0) is 16.0 Å². The number of rotatable bonds is 7. The van der Waals surface area contributed by atoms with Crippen LogP contribution in [0.15, 0.2) is 17.5 Å². The number of nitrogens with two attached hydrogens (primary N) is 1. The molecule has 0 unspecified atom stereocenters. The van der Waals surface area contributed by atoms with Crippen molar-refractivity contribution >= 4 is 46.9 Å². The Morgan fingerprint density at radius 2 is 2.04 bits per heavy atom. The van der Waals surface area contributed by atoms with Gasteiger partial charge in [0.1, 0.15) is 0 Å². The number of thiazole rings is 1. The van der Waals surface area contributed by atoms with Crippen LogP contribution in [-0.4, -0.2) is 36.4 Å². The minimum atomic E-state index is -0.336. The van der Waals surface area contributed by atoms with E-state index in [9.17, 15) is 9.59 Å². The van der Waals surface area contributed by atoms with Crippen molar-refractivity contribution in [2.24, 2.45) is 5.73 Å². The third-order valence-corrected chi connectivity index (χ3v) is 4.80. The van der Waals surface area contributed by atoms with Crippen molar-refractivity contribution in [2.75, 3.05) is 19.6 Å². The highest BCUT2D eigenvalue weighted by Gasteiger charge is 2.07. The molecule has 0 fully saturated rings. The summed E-state index contributed by atoms with van der Waals surface area (Å²) in [5.74, 6) is -0.551. The molecule has 2 amide bonds. The van der Waals surface area contributed by atoms with Crippen molar-refractivity contribution in [3.8, 4) is 10.6 Å². The van der Waals surface area contributed by atoms with Crippen molar-refractivity contribution < 1.29 is 9.59 Å². The lowest BCUT2D eigenvalue weighted by Gasteiger charge is -2.05. The fraction of sp³-hybridized carbons (Fsp3) is 0.357. The molecule has 2 rings (SSSR count). The lowest BCUT2D eigenvalue weighted by Crippen LogP contribution is -2.39. The van der Waals surface area contributed by atoms with Crippen LogP contribution in [0.4, 0.5) is 0 Å². The first kappa shape index (κ1) is 19.6. The minimum absolute atomic E-state index is 0. The fourth-order valence-electron chi connectivity index (χ4n) is 1.77. The van der Waals surface area contributed by atoms with Gasteiger partial charge in [0.25, 0.3) is 0 Å². The summed E-state index contributed by atoms with van der Waals surface area (Å²) < 4.78 is 0. The normalized spacial score (nSPS) is 10.0. The van der Waals surface area contributed by atoms with E-state index in [1.165, 1.54) is 4.88 Å². The van der Waals surface area contributed by atoms with E-state index in [-0.39, 0.29) is 37.3 Å². The first-order chi connectivity index (χ1) is 10.6. The van der Waals surface area contributed by atoms with Crippen molar-refractivity contribution in [1.82, 2.24) is 15.6 Å². The number of aromatic nitrogens is 1. The van der Waals surface area contributed by atoms with Gasteiger partial charge in [-0.15, -0.1) is 35.1 Å². The zero-order valence-electron chi connectivity index (χ0n) is 12.6. The predicted molar refractivity (Wildman–Crippen MR) is 96.2 cm³/mol. The third kappa shape index (κ3) is 6.26. The van der Waals surface area contributed by atoms with Crippen LogP contribution in [0, 0.1) is 6.92 Å². The number of aryl methyl sites for hydroxylation is 1. The van der Waals surface area contributed by atoms with Crippen molar-refractivity contribution in [1.29, 1.82) is 0 Å². The minimum Gasteiger partial charge on any atom is -0.354 e. The Hall–Kier alpha value is -1.48. The molecule has 0 aliphatic heterocycles. The van der Waals surface area contributed by atoms with E-state index in [0.29, 0.717) is 6.54 Å². The molecule has 0 aromatic carbocycles. The molecule has 2 heterocycles. The monoisotopic (exact) mass is 374 g/mol. The lowest BCUT2D eigenvalue weighted by molar-refractivity contribution is -0.125. The van der Waals surface area contributed by atoms with Gasteiger partial charge in [0.15, 0.2) is 0 Å². The van der Waals surface area contributed by atoms with E-state index in [1.54, 1.807) is 22.7 Å². The number of hydrogen-bond donors (Lipinski definition) is 3. The van der Waals surface area contributed by atoms with Gasteiger partial charge in [-0.1, -0.05) is 0 Å². The molecule has 0 radical (unpaired) electrons. The molecule has 0 aliphatic carbocycles. The Balaban J connectivity index is 0.00000264. The van der Waals surface area contributed by atoms with Crippen molar-refractivity contribution in [3.63, 3.8) is 0 Å². The van der Waals surface area contributed by atoms with Gasteiger partial charge in [-0.25, -0.2) is 4.98 Å². The van der Waals surface area contributed by atoms with Gasteiger partial charge in [-0.3, -0.25) is 9.59 Å². The highest BCUT2D eigenvalue weighted by atomic mass is 35.5. The molecule has 0 saturated carbocycles. The SMILES string of the molecule is Cc1nc(-c2ccc(CCNC(=O)CNC(=O)CN)s2)cs1.Cl. The largest absolute Gasteiger partial charge is 0.354 e. The Kier molecular flexibility index (Phi) is 8.18. The van der Waals surface area contributed by atoms with Gasteiger partial charge in [-0.2, -0.15) is 0 Å². The van der Waals surface area contributed by atoms with E-state index < -0.39 is 0 Å². The van der Waals surface area contributed by atoms with Crippen LogP contribution >= 0.6 is 35.1 Å². The molecule has 0 aliphatic rings. The van der Waals surface area contributed by atoms with Gasteiger partial charge in [0.05, 0.1) is 28.7 Å². The molecule has 9 heteroatoms. The Morgan fingerprint density at radius 1 is 1.26 bits per heavy atom. The maximum absolute atomic E-state index is 11.5. The number of thiophene rings is 1. The lowest BCUT2D eigenvalue weighted by atomic mass is 10.3. The maximum atomic E-state index is 11.5. The summed E-state index contributed by atoms with van der Waals surface area (Å²) in [6, 6.07) is 4.11. The first-order valence-electron chi connectivity index (χ1n) is 6.83. The summed E-state index contributed by atoms with van der Waals surface area (Å²) in [6.07, 6.45) is 0.754. The van der Waals surface area contributed by atoms with Gasteiger partial charge in [0.2, 0.25) is 11.8 Å². The Labute approximate surface area is 148 Å². The van der Waals surface area contributed by atoms with E-state index in [1.807, 2.05) is 12.3 Å². The topological polar surface area (TPSA) is 97.1 Å². The average molecular weight is 375 g/mol. The average Bonchev–Trinajstić information content (AvgIpc) is 3.13. The fourth-order valence-corrected chi connectivity index (χ4v) is 3.42. The van der Waals surface area contributed by atoms with E-state index >= 15 is 0 Å². The van der Waals surface area contributed by atoms with Crippen LogP contribution in [0.5, 0.6) is 0 Å². The molecule has 4 N–H and O–H groups in total. The van der Waals surface area contributed by atoms with Crippen LogP contribution in [0.2, 0.25) is 0 Å². The third-order valence-electron chi connectivity index (χ3n) is 2.86. The number of nitrogens with one attached hydrogen (secondary N) is 2. The van der Waals surface area contributed by atoms with Gasteiger partial charge < -0.3 is 16.4 Å². The summed E-state index contributed by atoms with van der Waals surface area (Å²) in [6.45, 7) is 2.38. The number of carbonyl (C=O) groups excluding carboxylic acids is 2. The molecule has 0 bridgehead atoms. The summed E-state index contributed by atoms with van der Waals surface area (Å²) in [5, 5.41) is 8.29. The zero-order valence-corrected chi connectivity index (χ0v) is 15.1. The first-order valence-corrected chi connectivity index (χ1v) is 8.53. The van der Waals surface area contributed by atoms with E-state index in [2.05, 4.69) is 27.8 Å². The molecule has 0 spiro atoms. The van der Waals surface area contributed by atoms with Crippen LogP contribution in [0.3, 0.4) is 0 Å². The molecule has 0 atom stereocenters. The standard InChI is InChI=1S/C14H18N4O2S2.ClH/c1-9-18-11(8-21-9)12-3-2-10(22-12)4-5-16-14(20)7-17-13(19)6-15;/h2-3,8H,4-7,15H2,1H3,(H,16,20)(H,17,19);1H. The van der Waals surface area contributed by atoms with Gasteiger partial charge in [-0.05, 0) is 25.5 Å². The van der Waals surface area contributed by atoms with E-state index in [4.69, 9.17) is 5.73 Å². The van der Waals surface area contributed by atoms with Crippen LogP contribution in [0.25, 0.3) is 10.6 Å². The number of amides is 2. The molecule has 23 heavy (non-hydrogen) atoms. The second-order valence-electron chi connectivity index (χ2n) is 4.60. The molecule has 2 aromatic heterocycles. The maximum Gasteiger partial charge on any atom is 0.239 e. The number of hydrogen-bond acceptors (Lipinski definition) is 6. The predicted octanol–water partition coefficient (Wildman–Crippen LogP) is 1.34. The van der Waals surface area contributed by atoms with Crippen molar-refractivity contribution in [3.05, 3.63) is 27.4 Å². The summed E-state index contributed by atoms with van der Waals surface area (Å²) in [4.78, 5) is 29.2.